The molecule has 0 unspecified atom stereocenters. The Morgan fingerprint density at radius 1 is 0.962 bits per heavy atom. The highest BCUT2D eigenvalue weighted by Crippen LogP contribution is 2.53. The van der Waals surface area contributed by atoms with Crippen molar-refractivity contribution in [2.75, 3.05) is 12.3 Å². The van der Waals surface area contributed by atoms with Gasteiger partial charge in [0.2, 0.25) is 11.8 Å². The topological polar surface area (TPSA) is 63.4 Å². The average molecular weight is 357 g/mol. The fraction of sp³-hybridized carbons (Fsp3) is 0.636. The Kier molecular flexibility index (Phi) is 6.00. The molecule has 4 nitrogen and oxygen atoms in total. The van der Waals surface area contributed by atoms with Crippen LogP contribution in [0, 0.1) is 5.92 Å². The summed E-state index contributed by atoms with van der Waals surface area (Å²) in [7, 11) is 0. The number of rotatable bonds is 10. The lowest BCUT2D eigenvalue weighted by atomic mass is 9.55. The fourth-order valence-electron chi connectivity index (χ4n) is 4.49. The number of amides is 2. The number of carbonyl (C=O) groups is 2. The van der Waals surface area contributed by atoms with Gasteiger partial charge < -0.3 is 5.73 Å². The van der Waals surface area contributed by atoms with Crippen molar-refractivity contribution in [3.63, 3.8) is 0 Å². The van der Waals surface area contributed by atoms with E-state index >= 15 is 0 Å². The molecule has 2 aliphatic heterocycles. The molecule has 2 amide bonds. The Morgan fingerprint density at radius 3 is 2.15 bits per heavy atom. The van der Waals surface area contributed by atoms with Gasteiger partial charge in [0.05, 0.1) is 5.41 Å². The molecule has 142 valence electrons. The molecule has 0 spiro atoms. The minimum absolute atomic E-state index is 0.0118. The van der Waals surface area contributed by atoms with Gasteiger partial charge in [0.15, 0.2) is 0 Å². The van der Waals surface area contributed by atoms with E-state index in [1.165, 1.54) is 38.5 Å². The second-order valence-corrected chi connectivity index (χ2v) is 8.08. The van der Waals surface area contributed by atoms with Gasteiger partial charge >= 0.3 is 0 Å². The lowest BCUT2D eigenvalue weighted by Gasteiger charge is -2.53. The van der Waals surface area contributed by atoms with Crippen molar-refractivity contribution in [3.05, 3.63) is 29.8 Å². The zero-order valence-corrected chi connectivity index (χ0v) is 16.0. The van der Waals surface area contributed by atoms with Crippen molar-refractivity contribution >= 4 is 17.5 Å². The van der Waals surface area contributed by atoms with E-state index in [9.17, 15) is 9.59 Å². The Bertz CT molecular complexity index is 632. The summed E-state index contributed by atoms with van der Waals surface area (Å²) in [6, 6.07) is 7.61. The van der Waals surface area contributed by atoms with E-state index in [-0.39, 0.29) is 17.7 Å². The second kappa shape index (κ2) is 8.24. The molecule has 0 radical (unpaired) electrons. The molecule has 0 aromatic heterocycles. The number of piperidine rings is 2. The van der Waals surface area contributed by atoms with Gasteiger partial charge in [-0.25, -0.2) is 0 Å². The molecular weight excluding hydrogens is 324 g/mol. The summed E-state index contributed by atoms with van der Waals surface area (Å²) in [5, 5.41) is 0. The zero-order chi connectivity index (χ0) is 18.6. The number of hydrogen-bond donors (Lipinski definition) is 1. The first kappa shape index (κ1) is 18.9. The van der Waals surface area contributed by atoms with Crippen molar-refractivity contribution in [2.45, 2.75) is 76.5 Å². The van der Waals surface area contributed by atoms with Gasteiger partial charge in [-0.2, -0.15) is 0 Å². The molecule has 4 rings (SSSR count). The molecule has 1 aromatic rings. The van der Waals surface area contributed by atoms with E-state index in [2.05, 4.69) is 6.92 Å². The monoisotopic (exact) mass is 356 g/mol. The maximum absolute atomic E-state index is 13.1. The largest absolute Gasteiger partial charge is 0.399 e. The van der Waals surface area contributed by atoms with Crippen LogP contribution in [0.3, 0.4) is 0 Å². The van der Waals surface area contributed by atoms with Crippen LogP contribution in [0.2, 0.25) is 0 Å². The number of imide groups is 1. The number of unbranched alkanes of at least 4 members (excludes halogenated alkanes) is 7. The molecule has 3 fully saturated rings. The number of benzene rings is 1. The van der Waals surface area contributed by atoms with Crippen LogP contribution in [-0.2, 0) is 15.0 Å². The standard InChI is InChI=1S/C22H32N2O2/c1-2-3-4-5-6-7-8-9-14-24-20(25)17-15-22(16-17,21(24)26)18-10-12-19(23)13-11-18/h10-13,17H,2-9,14-16,23H2,1H3. The van der Waals surface area contributed by atoms with Crippen LogP contribution in [0.1, 0.15) is 76.7 Å². The van der Waals surface area contributed by atoms with Crippen LogP contribution >= 0.6 is 0 Å². The van der Waals surface area contributed by atoms with E-state index in [1.807, 2.05) is 24.3 Å². The lowest BCUT2D eigenvalue weighted by molar-refractivity contribution is -0.168. The van der Waals surface area contributed by atoms with Gasteiger partial charge in [-0.1, -0.05) is 64.0 Å². The molecule has 0 atom stereocenters. The first-order valence-corrected chi connectivity index (χ1v) is 10.3. The zero-order valence-electron chi connectivity index (χ0n) is 16.0. The lowest BCUT2D eigenvalue weighted by Crippen LogP contribution is -2.65. The molecule has 1 aliphatic carbocycles. The van der Waals surface area contributed by atoms with Crippen LogP contribution in [0.25, 0.3) is 0 Å². The van der Waals surface area contributed by atoms with Crippen molar-refractivity contribution < 1.29 is 9.59 Å². The number of nitrogen functional groups attached to an aromatic ring is 1. The number of fused-ring (bicyclic) bond motifs is 2. The SMILES string of the molecule is CCCCCCCCCCN1C(=O)C2CC(c3ccc(N)cc3)(C2)C1=O. The number of anilines is 1. The Morgan fingerprint density at radius 2 is 1.54 bits per heavy atom. The third-order valence-corrected chi connectivity index (χ3v) is 6.16. The number of carbonyl (C=O) groups excluding carboxylic acids is 2. The molecule has 2 N–H and O–H groups in total. The quantitative estimate of drug-likeness (QED) is 0.383. The number of nitrogens with zero attached hydrogens (tertiary/aromatic N) is 1. The van der Waals surface area contributed by atoms with Gasteiger partial charge in [0, 0.05) is 18.2 Å². The van der Waals surface area contributed by atoms with Crippen molar-refractivity contribution in [1.82, 2.24) is 4.90 Å². The van der Waals surface area contributed by atoms with E-state index < -0.39 is 5.41 Å². The first-order chi connectivity index (χ1) is 12.6. The number of nitrogens with two attached hydrogens (primary N) is 1. The predicted molar refractivity (Wildman–Crippen MR) is 105 cm³/mol. The second-order valence-electron chi connectivity index (χ2n) is 8.08. The molecule has 2 bridgehead atoms. The average Bonchev–Trinajstić information content (AvgIpc) is 2.59. The van der Waals surface area contributed by atoms with Gasteiger partial charge in [0.1, 0.15) is 0 Å². The van der Waals surface area contributed by atoms with Gasteiger partial charge in [-0.05, 0) is 37.0 Å². The minimum atomic E-state index is -0.480. The van der Waals surface area contributed by atoms with Crippen LogP contribution in [-0.4, -0.2) is 23.3 Å². The summed E-state index contributed by atoms with van der Waals surface area (Å²) in [5.41, 5.74) is 7.02. The summed E-state index contributed by atoms with van der Waals surface area (Å²) in [6.07, 6.45) is 11.1. The molecule has 2 heterocycles. The molecule has 1 aromatic carbocycles. The maximum Gasteiger partial charge on any atom is 0.239 e. The van der Waals surface area contributed by atoms with E-state index in [4.69, 9.17) is 5.73 Å². The van der Waals surface area contributed by atoms with Crippen LogP contribution in [0.4, 0.5) is 5.69 Å². The normalized spacial score (nSPS) is 24.7. The van der Waals surface area contributed by atoms with Crippen molar-refractivity contribution in [1.29, 1.82) is 0 Å². The van der Waals surface area contributed by atoms with Gasteiger partial charge in [-0.15, -0.1) is 0 Å². The predicted octanol–water partition coefficient (Wildman–Crippen LogP) is 4.43. The van der Waals surface area contributed by atoms with Gasteiger partial charge in [0.25, 0.3) is 0 Å². The Labute approximate surface area is 157 Å². The third-order valence-electron chi connectivity index (χ3n) is 6.16. The number of hydrogen-bond acceptors (Lipinski definition) is 3. The van der Waals surface area contributed by atoms with E-state index in [1.54, 1.807) is 4.90 Å². The van der Waals surface area contributed by atoms with Crippen molar-refractivity contribution in [2.24, 2.45) is 5.92 Å². The Balaban J connectivity index is 1.51. The Hall–Kier alpha value is -1.84. The highest BCUT2D eigenvalue weighted by atomic mass is 16.2. The molecule has 3 aliphatic rings. The van der Waals surface area contributed by atoms with Crippen LogP contribution in [0.15, 0.2) is 24.3 Å². The highest BCUT2D eigenvalue weighted by Gasteiger charge is 2.61. The summed E-state index contributed by atoms with van der Waals surface area (Å²) in [5.74, 6) is 0.0901. The minimum Gasteiger partial charge on any atom is -0.399 e. The van der Waals surface area contributed by atoms with Crippen molar-refractivity contribution in [3.8, 4) is 0 Å². The summed E-state index contributed by atoms with van der Waals surface area (Å²) in [6.45, 7) is 2.81. The van der Waals surface area contributed by atoms with Crippen LogP contribution in [0.5, 0.6) is 0 Å². The first-order valence-electron chi connectivity index (χ1n) is 10.3. The molecule has 2 saturated heterocycles. The molecule has 4 heteroatoms. The summed E-state index contributed by atoms with van der Waals surface area (Å²) < 4.78 is 0. The summed E-state index contributed by atoms with van der Waals surface area (Å²) >= 11 is 0. The fourth-order valence-corrected chi connectivity index (χ4v) is 4.49. The maximum atomic E-state index is 13.1. The molecule has 26 heavy (non-hydrogen) atoms. The van der Waals surface area contributed by atoms with E-state index in [0.717, 1.165) is 18.4 Å². The van der Waals surface area contributed by atoms with Crippen LogP contribution < -0.4 is 5.73 Å². The summed E-state index contributed by atoms with van der Waals surface area (Å²) in [4.78, 5) is 27.2. The smallest absolute Gasteiger partial charge is 0.239 e. The molecular formula is C22H32N2O2. The van der Waals surface area contributed by atoms with E-state index in [0.29, 0.717) is 25.1 Å². The highest BCUT2D eigenvalue weighted by molar-refractivity contribution is 6.07. The third kappa shape index (κ3) is 3.65. The molecule has 1 saturated carbocycles. The van der Waals surface area contributed by atoms with Gasteiger partial charge in [-0.3, -0.25) is 14.5 Å².